The molecule has 1 aromatic carbocycles. The van der Waals surface area contributed by atoms with Gasteiger partial charge in [-0.1, -0.05) is 18.5 Å². The summed E-state index contributed by atoms with van der Waals surface area (Å²) in [4.78, 5) is 12.1. The summed E-state index contributed by atoms with van der Waals surface area (Å²) in [6.45, 7) is 4.36. The van der Waals surface area contributed by atoms with Gasteiger partial charge in [-0.3, -0.25) is 4.79 Å². The predicted molar refractivity (Wildman–Crippen MR) is 75.2 cm³/mol. The van der Waals surface area contributed by atoms with Crippen molar-refractivity contribution in [3.05, 3.63) is 34.9 Å². The lowest BCUT2D eigenvalue weighted by atomic mass is 9.83. The van der Waals surface area contributed by atoms with E-state index in [-0.39, 0.29) is 5.78 Å². The lowest BCUT2D eigenvalue weighted by molar-refractivity contribution is 0.0943. The molecule has 0 spiro atoms. The number of ketones is 1. The van der Waals surface area contributed by atoms with Crippen LogP contribution in [-0.2, 0) is 0 Å². The van der Waals surface area contributed by atoms with Crippen molar-refractivity contribution in [1.29, 1.82) is 0 Å². The molecule has 2 nitrogen and oxygen atoms in total. The van der Waals surface area contributed by atoms with E-state index >= 15 is 0 Å². The molecule has 0 saturated carbocycles. The van der Waals surface area contributed by atoms with Gasteiger partial charge < -0.3 is 5.32 Å². The van der Waals surface area contributed by atoms with E-state index in [9.17, 15) is 4.79 Å². The third kappa shape index (κ3) is 3.56. The number of halogens is 1. The summed E-state index contributed by atoms with van der Waals surface area (Å²) < 4.78 is 0. The molecule has 3 heteroatoms. The molecule has 2 unspecified atom stereocenters. The van der Waals surface area contributed by atoms with E-state index in [1.807, 2.05) is 12.1 Å². The minimum atomic E-state index is 0.227. The van der Waals surface area contributed by atoms with Gasteiger partial charge in [0.25, 0.3) is 0 Å². The van der Waals surface area contributed by atoms with Crippen molar-refractivity contribution in [2.75, 3.05) is 13.1 Å². The van der Waals surface area contributed by atoms with E-state index in [2.05, 4.69) is 12.2 Å². The Balaban J connectivity index is 1.91. The molecule has 0 amide bonds. The quantitative estimate of drug-likeness (QED) is 0.844. The summed E-state index contributed by atoms with van der Waals surface area (Å²) in [6.07, 6.45) is 3.10. The van der Waals surface area contributed by atoms with Crippen LogP contribution in [0.15, 0.2) is 24.3 Å². The van der Waals surface area contributed by atoms with Crippen LogP contribution >= 0.6 is 11.6 Å². The molecular formula is C15H20ClNO. The van der Waals surface area contributed by atoms with E-state index < -0.39 is 0 Å². The fourth-order valence-corrected chi connectivity index (χ4v) is 2.70. The molecule has 98 valence electrons. The van der Waals surface area contributed by atoms with Gasteiger partial charge in [-0.25, -0.2) is 0 Å². The van der Waals surface area contributed by atoms with Crippen molar-refractivity contribution in [1.82, 2.24) is 5.32 Å². The van der Waals surface area contributed by atoms with Crippen LogP contribution in [0.5, 0.6) is 0 Å². The molecule has 1 aliphatic rings. The highest BCUT2D eigenvalue weighted by atomic mass is 35.5. The topological polar surface area (TPSA) is 29.1 Å². The summed E-state index contributed by atoms with van der Waals surface area (Å²) >= 11 is 5.82. The Bertz CT molecular complexity index is 395. The van der Waals surface area contributed by atoms with Gasteiger partial charge >= 0.3 is 0 Å². The van der Waals surface area contributed by atoms with Crippen molar-refractivity contribution in [2.45, 2.75) is 26.2 Å². The number of piperidine rings is 1. The minimum absolute atomic E-state index is 0.227. The zero-order chi connectivity index (χ0) is 13.0. The molecule has 2 atom stereocenters. The van der Waals surface area contributed by atoms with E-state index in [1.165, 1.54) is 12.8 Å². The Morgan fingerprint density at radius 1 is 1.44 bits per heavy atom. The molecule has 1 aromatic rings. The van der Waals surface area contributed by atoms with Gasteiger partial charge in [0.1, 0.15) is 0 Å². The van der Waals surface area contributed by atoms with Gasteiger partial charge in [0.2, 0.25) is 0 Å². The van der Waals surface area contributed by atoms with Crippen LogP contribution < -0.4 is 5.32 Å². The molecular weight excluding hydrogens is 246 g/mol. The zero-order valence-electron chi connectivity index (χ0n) is 10.8. The second-order valence-corrected chi connectivity index (χ2v) is 5.65. The summed E-state index contributed by atoms with van der Waals surface area (Å²) in [5, 5.41) is 4.08. The molecule has 1 aliphatic heterocycles. The number of hydrogen-bond donors (Lipinski definition) is 1. The number of benzene rings is 1. The maximum Gasteiger partial charge on any atom is 0.163 e. The van der Waals surface area contributed by atoms with Crippen LogP contribution in [0.25, 0.3) is 0 Å². The molecule has 0 radical (unpaired) electrons. The molecule has 1 fully saturated rings. The van der Waals surface area contributed by atoms with Gasteiger partial charge in [0, 0.05) is 17.0 Å². The lowest BCUT2D eigenvalue weighted by Crippen LogP contribution is -2.34. The van der Waals surface area contributed by atoms with Crippen LogP contribution in [0.4, 0.5) is 0 Å². The molecule has 1 saturated heterocycles. The highest BCUT2D eigenvalue weighted by molar-refractivity contribution is 6.30. The second kappa shape index (κ2) is 6.35. The normalized spacial score (nSPS) is 21.6. The van der Waals surface area contributed by atoms with Gasteiger partial charge in [-0.05, 0) is 62.0 Å². The predicted octanol–water partition coefficient (Wildman–Crippen LogP) is 3.55. The lowest BCUT2D eigenvalue weighted by Gasteiger charge is -2.28. The van der Waals surface area contributed by atoms with Gasteiger partial charge in [-0.15, -0.1) is 0 Å². The molecule has 0 aromatic heterocycles. The monoisotopic (exact) mass is 265 g/mol. The number of nitrogens with one attached hydrogen (secondary N) is 1. The van der Waals surface area contributed by atoms with E-state index in [0.29, 0.717) is 23.3 Å². The van der Waals surface area contributed by atoms with Crippen LogP contribution in [-0.4, -0.2) is 18.9 Å². The van der Waals surface area contributed by atoms with Crippen molar-refractivity contribution < 1.29 is 4.79 Å². The maximum absolute atomic E-state index is 12.1. The molecule has 2 rings (SSSR count). The second-order valence-electron chi connectivity index (χ2n) is 5.22. The third-order valence-electron chi connectivity index (χ3n) is 3.81. The number of Topliss-reactive ketones (excluding diaryl/α,β-unsaturated/α-hetero) is 1. The first-order chi connectivity index (χ1) is 8.66. The van der Waals surface area contributed by atoms with Crippen molar-refractivity contribution >= 4 is 17.4 Å². The van der Waals surface area contributed by atoms with Crippen LogP contribution in [0, 0.1) is 11.8 Å². The number of carbonyl (C=O) groups is 1. The van der Waals surface area contributed by atoms with Crippen LogP contribution in [0.1, 0.15) is 36.5 Å². The highest BCUT2D eigenvalue weighted by Gasteiger charge is 2.22. The Kier molecular flexibility index (Phi) is 4.79. The maximum atomic E-state index is 12.1. The van der Waals surface area contributed by atoms with Crippen molar-refractivity contribution in [3.63, 3.8) is 0 Å². The largest absolute Gasteiger partial charge is 0.316 e. The summed E-state index contributed by atoms with van der Waals surface area (Å²) in [6, 6.07) is 7.19. The Labute approximate surface area is 114 Å². The Morgan fingerprint density at radius 3 is 2.78 bits per heavy atom. The van der Waals surface area contributed by atoms with Gasteiger partial charge in [-0.2, -0.15) is 0 Å². The average Bonchev–Trinajstić information content (AvgIpc) is 2.40. The molecule has 1 heterocycles. The fraction of sp³-hybridized carbons (Fsp3) is 0.533. The molecule has 18 heavy (non-hydrogen) atoms. The first-order valence-corrected chi connectivity index (χ1v) is 7.04. The Hall–Kier alpha value is -0.860. The van der Waals surface area contributed by atoms with Crippen LogP contribution in [0.3, 0.4) is 0 Å². The summed E-state index contributed by atoms with van der Waals surface area (Å²) in [7, 11) is 0. The number of hydrogen-bond acceptors (Lipinski definition) is 2. The fourth-order valence-electron chi connectivity index (χ4n) is 2.58. The van der Waals surface area contributed by atoms with E-state index in [4.69, 9.17) is 11.6 Å². The molecule has 1 N–H and O–H groups in total. The molecule has 0 aliphatic carbocycles. The number of rotatable bonds is 4. The smallest absolute Gasteiger partial charge is 0.163 e. The van der Waals surface area contributed by atoms with Crippen molar-refractivity contribution in [3.8, 4) is 0 Å². The SMILES string of the molecule is CC(CC(=O)c1ccc(Cl)cc1)C1CCCNC1. The zero-order valence-corrected chi connectivity index (χ0v) is 11.5. The van der Waals surface area contributed by atoms with E-state index in [1.54, 1.807) is 12.1 Å². The van der Waals surface area contributed by atoms with Crippen molar-refractivity contribution in [2.24, 2.45) is 11.8 Å². The Morgan fingerprint density at radius 2 is 2.17 bits per heavy atom. The first-order valence-electron chi connectivity index (χ1n) is 6.66. The van der Waals surface area contributed by atoms with Crippen LogP contribution in [0.2, 0.25) is 5.02 Å². The minimum Gasteiger partial charge on any atom is -0.316 e. The van der Waals surface area contributed by atoms with Gasteiger partial charge in [0.15, 0.2) is 5.78 Å². The standard InChI is InChI=1S/C15H20ClNO/c1-11(13-3-2-8-17-10-13)9-15(18)12-4-6-14(16)7-5-12/h4-7,11,13,17H,2-3,8-10H2,1H3. The van der Waals surface area contributed by atoms with E-state index in [0.717, 1.165) is 18.7 Å². The first kappa shape index (κ1) is 13.6. The average molecular weight is 266 g/mol. The summed E-state index contributed by atoms with van der Waals surface area (Å²) in [5.41, 5.74) is 0.773. The third-order valence-corrected chi connectivity index (χ3v) is 4.07. The number of carbonyl (C=O) groups excluding carboxylic acids is 1. The molecule has 0 bridgehead atoms. The van der Waals surface area contributed by atoms with Gasteiger partial charge in [0.05, 0.1) is 0 Å². The highest BCUT2D eigenvalue weighted by Crippen LogP contribution is 2.24. The summed E-state index contributed by atoms with van der Waals surface area (Å²) in [5.74, 6) is 1.31.